The zero-order valence-corrected chi connectivity index (χ0v) is 20.4. The molecule has 0 bridgehead atoms. The van der Waals surface area contributed by atoms with Crippen LogP contribution < -0.4 is 5.32 Å². The molecule has 1 aromatic heterocycles. The highest BCUT2D eigenvalue weighted by molar-refractivity contribution is 5.89. The molecule has 1 heterocycles. The molecule has 2 N–H and O–H groups in total. The Balaban J connectivity index is 1.57. The zero-order valence-electron chi connectivity index (χ0n) is 20.4. The molecule has 0 spiro atoms. The average molecular weight is 485 g/mol. The number of aromatic nitrogens is 1. The molecule has 4 aromatic rings. The molecule has 0 fully saturated rings. The summed E-state index contributed by atoms with van der Waals surface area (Å²) in [5.41, 5.74) is 4.59. The minimum absolute atomic E-state index is 0.153. The number of anilines is 1. The van der Waals surface area contributed by atoms with Crippen LogP contribution in [0.1, 0.15) is 35.4 Å². The number of nitrogens with one attached hydrogen (secondary N) is 2. The van der Waals surface area contributed by atoms with Gasteiger partial charge in [-0.25, -0.2) is 0 Å². The molecule has 36 heavy (non-hydrogen) atoms. The summed E-state index contributed by atoms with van der Waals surface area (Å²) < 4.78 is 19.0. The van der Waals surface area contributed by atoms with E-state index in [9.17, 15) is 4.79 Å². The number of carbonyl (C=O) groups excluding carboxylic acids is 1. The Morgan fingerprint density at radius 3 is 1.83 bits per heavy atom. The van der Waals surface area contributed by atoms with Crippen LogP contribution in [0.15, 0.2) is 103 Å². The van der Waals surface area contributed by atoms with E-state index in [0.29, 0.717) is 32.1 Å². The number of aromatic amines is 1. The van der Waals surface area contributed by atoms with Crippen LogP contribution in [-0.4, -0.2) is 23.6 Å². The Bertz CT molecular complexity index is 1180. The van der Waals surface area contributed by atoms with E-state index in [4.69, 9.17) is 14.2 Å². The van der Waals surface area contributed by atoms with Crippen molar-refractivity contribution in [2.24, 2.45) is 0 Å². The summed E-state index contributed by atoms with van der Waals surface area (Å²) in [6, 6.07) is 31.9. The Kier molecular flexibility index (Phi) is 9.45. The number of ether oxygens (including phenoxy) is 3. The number of carbonyl (C=O) groups is 1. The molecule has 6 heteroatoms. The molecular formula is C30H32N2O4. The highest BCUT2D eigenvalue weighted by Crippen LogP contribution is 2.31. The Labute approximate surface area is 212 Å². The van der Waals surface area contributed by atoms with Crippen LogP contribution in [0.2, 0.25) is 0 Å². The first-order chi connectivity index (χ1) is 17.7. The van der Waals surface area contributed by atoms with Crippen molar-refractivity contribution in [2.45, 2.75) is 39.0 Å². The molecule has 0 aliphatic carbocycles. The second kappa shape index (κ2) is 13.4. The second-order valence-electron chi connectivity index (χ2n) is 8.54. The van der Waals surface area contributed by atoms with Gasteiger partial charge in [0.05, 0.1) is 37.8 Å². The third-order valence-corrected chi connectivity index (χ3v) is 5.68. The fourth-order valence-electron chi connectivity index (χ4n) is 3.92. The average Bonchev–Trinajstić information content (AvgIpc) is 3.36. The lowest BCUT2D eigenvalue weighted by molar-refractivity contribution is -0.120. The van der Waals surface area contributed by atoms with Gasteiger partial charge in [-0.3, -0.25) is 4.79 Å². The molecule has 186 valence electrons. The van der Waals surface area contributed by atoms with Crippen molar-refractivity contribution >= 4 is 11.6 Å². The smallest absolute Gasteiger partial charge is 0.221 e. The summed E-state index contributed by atoms with van der Waals surface area (Å²) in [6.07, 6.45) is 0.837. The topological polar surface area (TPSA) is 72.6 Å². The van der Waals surface area contributed by atoms with Gasteiger partial charge in [-0.1, -0.05) is 91.0 Å². The van der Waals surface area contributed by atoms with Gasteiger partial charge in [0.1, 0.15) is 12.2 Å². The van der Waals surface area contributed by atoms with E-state index in [1.807, 2.05) is 97.1 Å². The standard InChI is InChI=1S/C30H32N2O4/c1-23(33)32-27-17-18-31-29(27)30(36-21-26-15-9-4-10-16-26)28(35-20-25-13-7-3-8-14-25)22-34-19-24-11-5-2-6-12-24/h2-18,28,30-31H,19-22H2,1H3,(H,32,33)/t28-,30-/m1/s1. The van der Waals surface area contributed by atoms with Gasteiger partial charge >= 0.3 is 0 Å². The van der Waals surface area contributed by atoms with Crippen LogP contribution >= 0.6 is 0 Å². The number of H-pyrrole nitrogens is 1. The van der Waals surface area contributed by atoms with Gasteiger partial charge in [-0.2, -0.15) is 0 Å². The molecule has 0 saturated heterocycles. The predicted octanol–water partition coefficient (Wildman–Crippen LogP) is 6.03. The van der Waals surface area contributed by atoms with Crippen molar-refractivity contribution in [3.05, 3.63) is 126 Å². The van der Waals surface area contributed by atoms with Crippen LogP contribution in [0.4, 0.5) is 5.69 Å². The van der Waals surface area contributed by atoms with Gasteiger partial charge in [-0.05, 0) is 22.8 Å². The van der Waals surface area contributed by atoms with Crippen LogP contribution in [0.3, 0.4) is 0 Å². The van der Waals surface area contributed by atoms with E-state index >= 15 is 0 Å². The lowest BCUT2D eigenvalue weighted by Crippen LogP contribution is -2.30. The molecule has 2 atom stereocenters. The Hall–Kier alpha value is -3.71. The molecule has 1 amide bonds. The van der Waals surface area contributed by atoms with Gasteiger partial charge in [0.2, 0.25) is 5.91 Å². The molecule has 6 nitrogen and oxygen atoms in total. The molecule has 0 unspecified atom stereocenters. The summed E-state index contributed by atoms with van der Waals surface area (Å²) in [7, 11) is 0. The maximum Gasteiger partial charge on any atom is 0.221 e. The molecule has 0 aliphatic heterocycles. The van der Waals surface area contributed by atoms with Gasteiger partial charge in [-0.15, -0.1) is 0 Å². The highest BCUT2D eigenvalue weighted by atomic mass is 16.6. The second-order valence-corrected chi connectivity index (χ2v) is 8.54. The van der Waals surface area contributed by atoms with Gasteiger partial charge in [0.15, 0.2) is 0 Å². The number of hydrogen-bond acceptors (Lipinski definition) is 4. The minimum atomic E-state index is -0.512. The van der Waals surface area contributed by atoms with Gasteiger partial charge in [0, 0.05) is 13.1 Å². The summed E-state index contributed by atoms with van der Waals surface area (Å²) in [4.78, 5) is 15.1. The lowest BCUT2D eigenvalue weighted by Gasteiger charge is -2.28. The van der Waals surface area contributed by atoms with Crippen molar-refractivity contribution in [1.29, 1.82) is 0 Å². The van der Waals surface area contributed by atoms with E-state index in [1.165, 1.54) is 6.92 Å². The summed E-state index contributed by atoms with van der Waals surface area (Å²) in [5, 5.41) is 2.90. The maximum atomic E-state index is 11.9. The number of hydrogen-bond donors (Lipinski definition) is 2. The molecular weight excluding hydrogens is 452 g/mol. The largest absolute Gasteiger partial charge is 0.374 e. The van der Waals surface area contributed by atoms with E-state index in [1.54, 1.807) is 6.20 Å². The molecule has 4 rings (SSSR count). The maximum absolute atomic E-state index is 11.9. The third-order valence-electron chi connectivity index (χ3n) is 5.68. The molecule has 0 aliphatic rings. The van der Waals surface area contributed by atoms with Crippen molar-refractivity contribution in [3.63, 3.8) is 0 Å². The minimum Gasteiger partial charge on any atom is -0.374 e. The molecule has 0 radical (unpaired) electrons. The van der Waals surface area contributed by atoms with Crippen molar-refractivity contribution < 1.29 is 19.0 Å². The first kappa shape index (κ1) is 25.4. The summed E-state index contributed by atoms with van der Waals surface area (Å²) in [5.74, 6) is -0.153. The number of benzene rings is 3. The summed E-state index contributed by atoms with van der Waals surface area (Å²) >= 11 is 0. The summed E-state index contributed by atoms with van der Waals surface area (Å²) in [6.45, 7) is 3.04. The third kappa shape index (κ3) is 7.65. The van der Waals surface area contributed by atoms with Crippen LogP contribution in [-0.2, 0) is 38.8 Å². The Morgan fingerprint density at radius 2 is 1.28 bits per heavy atom. The number of rotatable bonds is 13. The fraction of sp³-hybridized carbons (Fsp3) is 0.233. The van der Waals surface area contributed by atoms with E-state index in [-0.39, 0.29) is 5.91 Å². The van der Waals surface area contributed by atoms with E-state index in [2.05, 4.69) is 10.3 Å². The van der Waals surface area contributed by atoms with Crippen LogP contribution in [0, 0.1) is 0 Å². The Morgan fingerprint density at radius 1 is 0.750 bits per heavy atom. The highest BCUT2D eigenvalue weighted by Gasteiger charge is 2.29. The first-order valence-electron chi connectivity index (χ1n) is 12.1. The van der Waals surface area contributed by atoms with Crippen molar-refractivity contribution in [1.82, 2.24) is 4.98 Å². The molecule has 3 aromatic carbocycles. The zero-order chi connectivity index (χ0) is 25.0. The normalized spacial score (nSPS) is 12.7. The first-order valence-corrected chi connectivity index (χ1v) is 12.1. The van der Waals surface area contributed by atoms with Crippen molar-refractivity contribution in [2.75, 3.05) is 11.9 Å². The van der Waals surface area contributed by atoms with Crippen LogP contribution in [0.5, 0.6) is 0 Å². The quantitative estimate of drug-likeness (QED) is 0.243. The van der Waals surface area contributed by atoms with Crippen LogP contribution in [0.25, 0.3) is 0 Å². The monoisotopic (exact) mass is 484 g/mol. The van der Waals surface area contributed by atoms with E-state index in [0.717, 1.165) is 22.4 Å². The number of amides is 1. The van der Waals surface area contributed by atoms with E-state index < -0.39 is 12.2 Å². The van der Waals surface area contributed by atoms with Gasteiger partial charge < -0.3 is 24.5 Å². The molecule has 0 saturated carbocycles. The van der Waals surface area contributed by atoms with Crippen molar-refractivity contribution in [3.8, 4) is 0 Å². The van der Waals surface area contributed by atoms with Gasteiger partial charge in [0.25, 0.3) is 0 Å². The SMILES string of the molecule is CC(=O)Nc1cc[nH]c1[C@H](OCc1ccccc1)[C@@H](COCc1ccccc1)OCc1ccccc1. The predicted molar refractivity (Wildman–Crippen MR) is 140 cm³/mol. The lowest BCUT2D eigenvalue weighted by atomic mass is 10.1. The fourth-order valence-corrected chi connectivity index (χ4v) is 3.92.